The highest BCUT2D eigenvalue weighted by Gasteiger charge is 2.30. The van der Waals surface area contributed by atoms with E-state index in [1.54, 1.807) is 25.3 Å². The molecule has 2 rings (SSSR count). The molecule has 0 aromatic heterocycles. The highest BCUT2D eigenvalue weighted by molar-refractivity contribution is 5.95. The maximum absolute atomic E-state index is 12.6. The van der Waals surface area contributed by atoms with Crippen molar-refractivity contribution in [3.8, 4) is 17.6 Å². The van der Waals surface area contributed by atoms with Gasteiger partial charge in [-0.1, -0.05) is 18.8 Å². The van der Waals surface area contributed by atoms with Crippen LogP contribution in [-0.2, 0) is 0 Å². The summed E-state index contributed by atoms with van der Waals surface area (Å²) in [5.74, 6) is 6.59. The molecular formula is C17H21NO3. The maximum atomic E-state index is 12.6. The first-order chi connectivity index (χ1) is 10.1. The normalized spacial score (nSPS) is 20.9. The van der Waals surface area contributed by atoms with E-state index in [9.17, 15) is 4.79 Å². The number of amides is 1. The Bertz CT molecular complexity index is 585. The van der Waals surface area contributed by atoms with E-state index < -0.39 is 0 Å². The fourth-order valence-electron chi connectivity index (χ4n) is 2.82. The number of likely N-dealkylation sites (tertiary alicyclic amines) is 1. The monoisotopic (exact) mass is 287 g/mol. The molecule has 0 bridgehead atoms. The number of aliphatic hydroxyl groups excluding tert-OH is 1. The molecule has 4 heteroatoms. The van der Waals surface area contributed by atoms with Crippen LogP contribution in [0.4, 0.5) is 0 Å². The van der Waals surface area contributed by atoms with Gasteiger partial charge in [-0.15, -0.1) is 0 Å². The Balaban J connectivity index is 2.29. The molecule has 1 amide bonds. The van der Waals surface area contributed by atoms with Crippen LogP contribution in [0.2, 0.25) is 0 Å². The third-order valence-electron chi connectivity index (χ3n) is 3.79. The smallest absolute Gasteiger partial charge is 0.254 e. The van der Waals surface area contributed by atoms with E-state index in [4.69, 9.17) is 9.84 Å². The van der Waals surface area contributed by atoms with Gasteiger partial charge < -0.3 is 14.7 Å². The highest BCUT2D eigenvalue weighted by atomic mass is 16.5. The molecule has 1 aromatic carbocycles. The SMILES string of the molecule is COc1ccc(C(=O)N2CC(C)CC2C)cc1C#CCO. The van der Waals surface area contributed by atoms with E-state index in [0.717, 1.165) is 13.0 Å². The average Bonchev–Trinajstić information content (AvgIpc) is 2.82. The summed E-state index contributed by atoms with van der Waals surface area (Å²) in [6.07, 6.45) is 1.04. The zero-order valence-corrected chi connectivity index (χ0v) is 12.7. The predicted octanol–water partition coefficient (Wildman–Crippen LogP) is 1.91. The molecule has 2 unspecified atom stereocenters. The topological polar surface area (TPSA) is 49.8 Å². The summed E-state index contributed by atoms with van der Waals surface area (Å²) >= 11 is 0. The third kappa shape index (κ3) is 3.37. The number of methoxy groups -OCH3 is 1. The van der Waals surface area contributed by atoms with Crippen molar-refractivity contribution >= 4 is 5.91 Å². The Hall–Kier alpha value is -1.99. The first-order valence-corrected chi connectivity index (χ1v) is 7.15. The van der Waals surface area contributed by atoms with Gasteiger partial charge in [-0.2, -0.15) is 0 Å². The summed E-state index contributed by atoms with van der Waals surface area (Å²) in [4.78, 5) is 14.5. The lowest BCUT2D eigenvalue weighted by Crippen LogP contribution is -2.33. The molecule has 21 heavy (non-hydrogen) atoms. The summed E-state index contributed by atoms with van der Waals surface area (Å²) in [5.41, 5.74) is 1.23. The Morgan fingerprint density at radius 3 is 2.81 bits per heavy atom. The Kier molecular flexibility index (Phi) is 4.87. The number of benzene rings is 1. The number of carbonyl (C=O) groups is 1. The van der Waals surface area contributed by atoms with Crippen LogP contribution >= 0.6 is 0 Å². The number of ether oxygens (including phenoxy) is 1. The summed E-state index contributed by atoms with van der Waals surface area (Å²) in [6.45, 7) is 4.82. The quantitative estimate of drug-likeness (QED) is 0.845. The molecule has 1 aliphatic rings. The van der Waals surface area contributed by atoms with Crippen molar-refractivity contribution < 1.29 is 14.6 Å². The maximum Gasteiger partial charge on any atom is 0.254 e. The van der Waals surface area contributed by atoms with Crippen LogP contribution in [-0.4, -0.2) is 42.2 Å². The van der Waals surface area contributed by atoms with E-state index in [1.165, 1.54) is 0 Å². The average molecular weight is 287 g/mol. The number of hydrogen-bond donors (Lipinski definition) is 1. The number of carbonyl (C=O) groups excluding carboxylic acids is 1. The molecule has 0 spiro atoms. The molecule has 1 aliphatic heterocycles. The van der Waals surface area contributed by atoms with E-state index >= 15 is 0 Å². The third-order valence-corrected chi connectivity index (χ3v) is 3.79. The van der Waals surface area contributed by atoms with Crippen molar-refractivity contribution in [1.29, 1.82) is 0 Å². The highest BCUT2D eigenvalue weighted by Crippen LogP contribution is 2.26. The first-order valence-electron chi connectivity index (χ1n) is 7.15. The van der Waals surface area contributed by atoms with Crippen molar-refractivity contribution in [2.75, 3.05) is 20.3 Å². The predicted molar refractivity (Wildman–Crippen MR) is 81.2 cm³/mol. The number of nitrogens with zero attached hydrogens (tertiary/aromatic N) is 1. The molecule has 1 aromatic rings. The first kappa shape index (κ1) is 15.4. The fraction of sp³-hybridized carbons (Fsp3) is 0.471. The minimum absolute atomic E-state index is 0.0292. The van der Waals surface area contributed by atoms with Crippen LogP contribution in [0.15, 0.2) is 18.2 Å². The zero-order valence-electron chi connectivity index (χ0n) is 12.7. The van der Waals surface area contributed by atoms with Crippen molar-refractivity contribution in [1.82, 2.24) is 4.90 Å². The van der Waals surface area contributed by atoms with Gasteiger partial charge in [-0.3, -0.25) is 4.79 Å². The summed E-state index contributed by atoms with van der Waals surface area (Å²) in [6, 6.07) is 5.51. The van der Waals surface area contributed by atoms with Gasteiger partial charge >= 0.3 is 0 Å². The Morgan fingerprint density at radius 1 is 1.48 bits per heavy atom. The lowest BCUT2D eigenvalue weighted by molar-refractivity contribution is 0.0743. The minimum Gasteiger partial charge on any atom is -0.495 e. The van der Waals surface area contributed by atoms with Crippen LogP contribution in [0.25, 0.3) is 0 Å². The zero-order chi connectivity index (χ0) is 15.4. The van der Waals surface area contributed by atoms with Crippen molar-refractivity contribution in [2.24, 2.45) is 5.92 Å². The number of rotatable bonds is 2. The molecule has 1 heterocycles. The molecule has 4 nitrogen and oxygen atoms in total. The molecule has 1 saturated heterocycles. The van der Waals surface area contributed by atoms with E-state index in [0.29, 0.717) is 22.8 Å². The molecule has 112 valence electrons. The second-order valence-corrected chi connectivity index (χ2v) is 5.52. The molecule has 0 saturated carbocycles. The van der Waals surface area contributed by atoms with Crippen LogP contribution in [0, 0.1) is 17.8 Å². The summed E-state index contributed by atoms with van der Waals surface area (Å²) in [7, 11) is 1.56. The van der Waals surface area contributed by atoms with Crippen molar-refractivity contribution in [3.05, 3.63) is 29.3 Å². The van der Waals surface area contributed by atoms with Crippen molar-refractivity contribution in [2.45, 2.75) is 26.3 Å². The van der Waals surface area contributed by atoms with Gasteiger partial charge in [0, 0.05) is 18.2 Å². The lowest BCUT2D eigenvalue weighted by Gasteiger charge is -2.21. The Morgan fingerprint density at radius 2 is 2.24 bits per heavy atom. The van der Waals surface area contributed by atoms with Gasteiger partial charge in [0.25, 0.3) is 5.91 Å². The van der Waals surface area contributed by atoms with Crippen LogP contribution in [0.1, 0.15) is 36.2 Å². The van der Waals surface area contributed by atoms with E-state index in [-0.39, 0.29) is 18.6 Å². The van der Waals surface area contributed by atoms with E-state index in [2.05, 4.69) is 25.7 Å². The molecule has 1 N–H and O–H groups in total. The van der Waals surface area contributed by atoms with Gasteiger partial charge in [-0.25, -0.2) is 0 Å². The van der Waals surface area contributed by atoms with Crippen LogP contribution < -0.4 is 4.74 Å². The van der Waals surface area contributed by atoms with Gasteiger partial charge in [0.05, 0.1) is 12.7 Å². The molecule has 1 fully saturated rings. The lowest BCUT2D eigenvalue weighted by atomic mass is 10.1. The molecule has 2 atom stereocenters. The largest absolute Gasteiger partial charge is 0.495 e. The second kappa shape index (κ2) is 6.64. The van der Waals surface area contributed by atoms with E-state index in [1.807, 2.05) is 4.90 Å². The Labute approximate surface area is 125 Å². The van der Waals surface area contributed by atoms with Crippen LogP contribution in [0.3, 0.4) is 0 Å². The van der Waals surface area contributed by atoms with Gasteiger partial charge in [-0.05, 0) is 37.5 Å². The molecule has 0 aliphatic carbocycles. The molecular weight excluding hydrogens is 266 g/mol. The minimum atomic E-state index is -0.220. The fourth-order valence-corrected chi connectivity index (χ4v) is 2.82. The number of hydrogen-bond acceptors (Lipinski definition) is 3. The van der Waals surface area contributed by atoms with Gasteiger partial charge in [0.15, 0.2) is 0 Å². The number of aliphatic hydroxyl groups is 1. The van der Waals surface area contributed by atoms with Crippen molar-refractivity contribution in [3.63, 3.8) is 0 Å². The summed E-state index contributed by atoms with van der Waals surface area (Å²) < 4.78 is 5.23. The van der Waals surface area contributed by atoms with Gasteiger partial charge in [0.1, 0.15) is 12.4 Å². The molecule has 0 radical (unpaired) electrons. The van der Waals surface area contributed by atoms with Gasteiger partial charge in [0.2, 0.25) is 0 Å². The van der Waals surface area contributed by atoms with Crippen LogP contribution in [0.5, 0.6) is 5.75 Å². The summed E-state index contributed by atoms with van der Waals surface area (Å²) in [5, 5.41) is 8.82. The standard InChI is InChI=1S/C17H21NO3/c1-12-9-13(2)18(11-12)17(20)15-6-7-16(21-3)14(10-15)5-4-8-19/h6-7,10,12-13,19H,8-9,11H2,1-3H3. The second-order valence-electron chi connectivity index (χ2n) is 5.52.